The maximum atomic E-state index is 11.4. The summed E-state index contributed by atoms with van der Waals surface area (Å²) in [4.78, 5) is 13.8. The molecule has 1 rings (SSSR count). The molecule has 15 heavy (non-hydrogen) atoms. The summed E-state index contributed by atoms with van der Waals surface area (Å²) < 4.78 is 0. The molecule has 0 aliphatic carbocycles. The van der Waals surface area contributed by atoms with Gasteiger partial charge in [0.05, 0.1) is 6.42 Å². The molecule has 1 atom stereocenters. The van der Waals surface area contributed by atoms with E-state index in [0.717, 1.165) is 4.88 Å². The molecule has 1 amide bonds. The molecule has 0 aromatic carbocycles. The summed E-state index contributed by atoms with van der Waals surface area (Å²) in [5.41, 5.74) is 5.41. The van der Waals surface area contributed by atoms with Crippen molar-refractivity contribution in [3.8, 4) is 0 Å². The molecule has 0 bridgehead atoms. The highest BCUT2D eigenvalue weighted by molar-refractivity contribution is 7.12. The lowest BCUT2D eigenvalue weighted by Gasteiger charge is -2.10. The fourth-order valence-electron chi connectivity index (χ4n) is 1.12. The first kappa shape index (κ1) is 14.4. The molecule has 5 heteroatoms. The van der Waals surface area contributed by atoms with E-state index in [9.17, 15) is 4.79 Å². The van der Waals surface area contributed by atoms with Crippen LogP contribution in [0, 0.1) is 6.92 Å². The Morgan fingerprint density at radius 1 is 1.60 bits per heavy atom. The molecule has 0 unspecified atom stereocenters. The van der Waals surface area contributed by atoms with E-state index in [0.29, 0.717) is 13.0 Å². The van der Waals surface area contributed by atoms with E-state index >= 15 is 0 Å². The van der Waals surface area contributed by atoms with Crippen LogP contribution in [-0.2, 0) is 11.2 Å². The van der Waals surface area contributed by atoms with Gasteiger partial charge in [-0.25, -0.2) is 0 Å². The van der Waals surface area contributed by atoms with Crippen molar-refractivity contribution in [2.75, 3.05) is 6.54 Å². The van der Waals surface area contributed by atoms with Crippen LogP contribution >= 0.6 is 23.7 Å². The highest BCUT2D eigenvalue weighted by Gasteiger charge is 2.07. The van der Waals surface area contributed by atoms with Crippen molar-refractivity contribution in [2.45, 2.75) is 26.3 Å². The minimum absolute atomic E-state index is 0. The Morgan fingerprint density at radius 2 is 2.27 bits per heavy atom. The van der Waals surface area contributed by atoms with E-state index in [4.69, 9.17) is 5.73 Å². The van der Waals surface area contributed by atoms with Crippen molar-refractivity contribution >= 4 is 29.7 Å². The monoisotopic (exact) mass is 248 g/mol. The standard InChI is InChI=1S/C10H16N2OS.ClH/c1-7(6-11)12-10(13)5-9-4-3-8(2)14-9;/h3-4,7H,5-6,11H2,1-2H3,(H,12,13);1H/t7-;/m1./s1. The number of hydrogen-bond donors (Lipinski definition) is 2. The average molecular weight is 249 g/mol. The van der Waals surface area contributed by atoms with E-state index in [2.05, 4.69) is 5.32 Å². The predicted octanol–water partition coefficient (Wildman–Crippen LogP) is 1.48. The Labute approximate surface area is 100 Å². The fourth-order valence-corrected chi connectivity index (χ4v) is 2.01. The van der Waals surface area contributed by atoms with Crippen LogP contribution in [0.2, 0.25) is 0 Å². The van der Waals surface area contributed by atoms with Gasteiger partial charge in [0.25, 0.3) is 0 Å². The maximum Gasteiger partial charge on any atom is 0.225 e. The molecule has 0 saturated carbocycles. The smallest absolute Gasteiger partial charge is 0.225 e. The van der Waals surface area contributed by atoms with Crippen molar-refractivity contribution in [1.82, 2.24) is 5.32 Å². The quantitative estimate of drug-likeness (QED) is 0.848. The zero-order chi connectivity index (χ0) is 10.6. The molecule has 0 saturated heterocycles. The Bertz CT molecular complexity index is 314. The maximum absolute atomic E-state index is 11.4. The predicted molar refractivity (Wildman–Crippen MR) is 66.7 cm³/mol. The van der Waals surface area contributed by atoms with Gasteiger partial charge in [-0.2, -0.15) is 0 Å². The molecule has 0 spiro atoms. The van der Waals surface area contributed by atoms with Gasteiger partial charge in [0.2, 0.25) is 5.91 Å². The molecule has 3 N–H and O–H groups in total. The van der Waals surface area contributed by atoms with E-state index in [1.165, 1.54) is 4.88 Å². The highest BCUT2D eigenvalue weighted by atomic mass is 35.5. The topological polar surface area (TPSA) is 55.1 Å². The number of thiophene rings is 1. The molecule has 1 aromatic heterocycles. The van der Waals surface area contributed by atoms with E-state index in [1.54, 1.807) is 11.3 Å². The van der Waals surface area contributed by atoms with Gasteiger partial charge in [-0.05, 0) is 26.0 Å². The van der Waals surface area contributed by atoms with Crippen LogP contribution in [-0.4, -0.2) is 18.5 Å². The average Bonchev–Trinajstić information content (AvgIpc) is 2.50. The highest BCUT2D eigenvalue weighted by Crippen LogP contribution is 2.15. The van der Waals surface area contributed by atoms with Crippen LogP contribution in [0.15, 0.2) is 12.1 Å². The van der Waals surface area contributed by atoms with Gasteiger partial charge in [-0.15, -0.1) is 23.7 Å². The number of nitrogens with two attached hydrogens (primary N) is 1. The molecular formula is C10H17ClN2OS. The summed E-state index contributed by atoms with van der Waals surface area (Å²) >= 11 is 1.66. The third-order valence-electron chi connectivity index (χ3n) is 1.89. The number of aryl methyl sites for hydroxylation is 1. The molecule has 0 fully saturated rings. The van der Waals surface area contributed by atoms with Gasteiger partial charge in [0, 0.05) is 22.3 Å². The van der Waals surface area contributed by atoms with Crippen molar-refractivity contribution < 1.29 is 4.79 Å². The van der Waals surface area contributed by atoms with Crippen LogP contribution in [0.25, 0.3) is 0 Å². The van der Waals surface area contributed by atoms with Gasteiger partial charge >= 0.3 is 0 Å². The van der Waals surface area contributed by atoms with E-state index in [-0.39, 0.29) is 24.4 Å². The SMILES string of the molecule is Cc1ccc(CC(=O)N[C@H](C)CN)s1.Cl. The van der Waals surface area contributed by atoms with E-state index in [1.807, 2.05) is 26.0 Å². The lowest BCUT2D eigenvalue weighted by molar-refractivity contribution is -0.120. The van der Waals surface area contributed by atoms with Crippen molar-refractivity contribution in [2.24, 2.45) is 5.73 Å². The van der Waals surface area contributed by atoms with Crippen LogP contribution in [0.3, 0.4) is 0 Å². The van der Waals surface area contributed by atoms with Crippen LogP contribution in [0.5, 0.6) is 0 Å². The second-order valence-corrected chi connectivity index (χ2v) is 4.77. The van der Waals surface area contributed by atoms with Gasteiger partial charge in [0.15, 0.2) is 0 Å². The number of halogens is 1. The Morgan fingerprint density at radius 3 is 2.73 bits per heavy atom. The molecule has 86 valence electrons. The van der Waals surface area contributed by atoms with Gasteiger partial charge in [-0.1, -0.05) is 0 Å². The summed E-state index contributed by atoms with van der Waals surface area (Å²) in [5, 5.41) is 2.83. The number of rotatable bonds is 4. The summed E-state index contributed by atoms with van der Waals surface area (Å²) in [5.74, 6) is 0.0461. The Hall–Kier alpha value is -0.580. The minimum Gasteiger partial charge on any atom is -0.352 e. The number of hydrogen-bond acceptors (Lipinski definition) is 3. The second-order valence-electron chi connectivity index (χ2n) is 3.39. The summed E-state index contributed by atoms with van der Waals surface area (Å²) in [6, 6.07) is 4.08. The molecule has 1 heterocycles. The van der Waals surface area contributed by atoms with Crippen LogP contribution in [0.1, 0.15) is 16.7 Å². The first-order valence-electron chi connectivity index (χ1n) is 4.66. The largest absolute Gasteiger partial charge is 0.352 e. The zero-order valence-electron chi connectivity index (χ0n) is 8.95. The van der Waals surface area contributed by atoms with Crippen molar-refractivity contribution in [3.05, 3.63) is 21.9 Å². The second kappa shape index (κ2) is 6.82. The number of nitrogens with one attached hydrogen (secondary N) is 1. The Kier molecular flexibility index (Phi) is 6.56. The van der Waals surface area contributed by atoms with E-state index < -0.39 is 0 Å². The number of amides is 1. The third-order valence-corrected chi connectivity index (χ3v) is 2.89. The zero-order valence-corrected chi connectivity index (χ0v) is 10.6. The Balaban J connectivity index is 0.00000196. The molecule has 0 aliphatic rings. The van der Waals surface area contributed by atoms with Gasteiger partial charge < -0.3 is 11.1 Å². The number of carbonyl (C=O) groups is 1. The molecule has 0 aliphatic heterocycles. The fraction of sp³-hybridized carbons (Fsp3) is 0.500. The molecule has 1 aromatic rings. The summed E-state index contributed by atoms with van der Waals surface area (Å²) in [6.45, 7) is 4.42. The molecule has 0 radical (unpaired) electrons. The first-order valence-corrected chi connectivity index (χ1v) is 5.48. The minimum atomic E-state index is 0. The number of carbonyl (C=O) groups excluding carboxylic acids is 1. The van der Waals surface area contributed by atoms with Crippen LogP contribution in [0.4, 0.5) is 0 Å². The van der Waals surface area contributed by atoms with Crippen molar-refractivity contribution in [3.63, 3.8) is 0 Å². The molecular weight excluding hydrogens is 232 g/mol. The molecule has 3 nitrogen and oxygen atoms in total. The van der Waals surface area contributed by atoms with Gasteiger partial charge in [-0.3, -0.25) is 4.79 Å². The normalized spacial score (nSPS) is 11.7. The van der Waals surface area contributed by atoms with Gasteiger partial charge in [0.1, 0.15) is 0 Å². The lowest BCUT2D eigenvalue weighted by atomic mass is 10.3. The summed E-state index contributed by atoms with van der Waals surface area (Å²) in [6.07, 6.45) is 0.461. The van der Waals surface area contributed by atoms with Crippen molar-refractivity contribution in [1.29, 1.82) is 0 Å². The third kappa shape index (κ3) is 5.16. The first-order chi connectivity index (χ1) is 6.61. The lowest BCUT2D eigenvalue weighted by Crippen LogP contribution is -2.38. The van der Waals surface area contributed by atoms with Crippen LogP contribution < -0.4 is 11.1 Å². The summed E-state index contributed by atoms with van der Waals surface area (Å²) in [7, 11) is 0.